The number of fused-ring (bicyclic) bond motifs is 2. The molecule has 0 fully saturated rings. The molecule has 0 amide bonds. The molecule has 7 heteroatoms. The molecule has 0 bridgehead atoms. The van der Waals surface area contributed by atoms with Crippen molar-refractivity contribution in [3.63, 3.8) is 0 Å². The van der Waals surface area contributed by atoms with Crippen molar-refractivity contribution < 1.29 is 21.8 Å². The van der Waals surface area contributed by atoms with Crippen molar-refractivity contribution in [2.24, 2.45) is 0 Å². The van der Waals surface area contributed by atoms with Gasteiger partial charge in [0.1, 0.15) is 0 Å². The summed E-state index contributed by atoms with van der Waals surface area (Å²) in [5.74, 6) is 0. The molecule has 0 aliphatic heterocycles. The fourth-order valence-electron chi connectivity index (χ4n) is 3.58. The van der Waals surface area contributed by atoms with E-state index in [1.165, 1.54) is 48.4 Å². The van der Waals surface area contributed by atoms with Crippen LogP contribution in [0.25, 0.3) is 10.8 Å². The molecule has 2 aromatic carbocycles. The Hall–Kier alpha value is -1.89. The first-order valence-electron chi connectivity index (χ1n) is 9.19. The third-order valence-electron chi connectivity index (χ3n) is 4.93. The van der Waals surface area contributed by atoms with Gasteiger partial charge in [-0.3, -0.25) is 0 Å². The van der Waals surface area contributed by atoms with E-state index in [0.717, 1.165) is 0 Å². The molecule has 1 nitrogen and oxygen atoms in total. The number of hydrogen-bond donors (Lipinski definition) is 0. The molecular formula is C20H22BF4NS. The van der Waals surface area contributed by atoms with Gasteiger partial charge in [0.2, 0.25) is 5.51 Å². The Labute approximate surface area is 160 Å². The average molecular weight is 395 g/mol. The maximum absolute atomic E-state index is 9.75. The lowest BCUT2D eigenvalue weighted by Crippen LogP contribution is -2.40. The predicted octanol–water partition coefficient (Wildman–Crippen LogP) is 6.37. The molecule has 0 N–H and O–H groups in total. The number of rotatable bonds is 2. The highest BCUT2D eigenvalue weighted by molar-refractivity contribution is 7.09. The lowest BCUT2D eigenvalue weighted by atomic mass is 10.0. The number of halogens is 4. The van der Waals surface area contributed by atoms with Crippen molar-refractivity contribution >= 4 is 29.4 Å². The first-order chi connectivity index (χ1) is 12.8. The van der Waals surface area contributed by atoms with E-state index in [2.05, 4.69) is 59.5 Å². The molecule has 1 aliphatic carbocycles. The van der Waals surface area contributed by atoms with Crippen LogP contribution >= 0.6 is 11.3 Å². The number of aryl methyl sites for hydroxylation is 1. The van der Waals surface area contributed by atoms with Crippen LogP contribution in [0.5, 0.6) is 0 Å². The normalized spacial score (nSPS) is 15.4. The highest BCUT2D eigenvalue weighted by Gasteiger charge is 2.26. The van der Waals surface area contributed by atoms with Crippen LogP contribution < -0.4 is 4.57 Å². The summed E-state index contributed by atoms with van der Waals surface area (Å²) in [6.07, 6.45) is 6.60. The van der Waals surface area contributed by atoms with Crippen LogP contribution in [0.15, 0.2) is 48.0 Å². The number of nitrogens with zero attached hydrogens (tertiary/aromatic N) is 1. The van der Waals surface area contributed by atoms with Crippen LogP contribution in [0.3, 0.4) is 0 Å². The third-order valence-corrected chi connectivity index (χ3v) is 5.99. The topological polar surface area (TPSA) is 3.88 Å². The summed E-state index contributed by atoms with van der Waals surface area (Å²) in [5, 5.41) is 2.67. The molecule has 144 valence electrons. The molecule has 0 radical (unpaired) electrons. The first-order valence-corrected chi connectivity index (χ1v) is 10.1. The van der Waals surface area contributed by atoms with E-state index in [4.69, 9.17) is 0 Å². The second kappa shape index (κ2) is 8.42. The van der Waals surface area contributed by atoms with E-state index in [1.807, 2.05) is 11.3 Å². The molecule has 1 aromatic heterocycles. The molecule has 0 spiro atoms. The minimum absolute atomic E-state index is 0.419. The molecule has 27 heavy (non-hydrogen) atoms. The van der Waals surface area contributed by atoms with E-state index >= 15 is 0 Å². The zero-order valence-electron chi connectivity index (χ0n) is 15.2. The SMILES string of the molecule is C[C@@H](c1ccc2ccccc2c1)[n+]1csc2c1CCCCC2.F[B-](F)(F)F. The maximum atomic E-state index is 9.75. The van der Waals surface area contributed by atoms with Gasteiger partial charge in [0.05, 0.1) is 4.88 Å². The maximum Gasteiger partial charge on any atom is 0.673 e. The molecule has 0 unspecified atom stereocenters. The fourth-order valence-corrected chi connectivity index (χ4v) is 4.73. The number of aromatic nitrogens is 1. The van der Waals surface area contributed by atoms with E-state index < -0.39 is 7.25 Å². The Morgan fingerprint density at radius 2 is 1.59 bits per heavy atom. The number of benzene rings is 2. The monoisotopic (exact) mass is 395 g/mol. The zero-order chi connectivity index (χ0) is 19.4. The van der Waals surface area contributed by atoms with Crippen LogP contribution in [0.4, 0.5) is 17.3 Å². The van der Waals surface area contributed by atoms with Crippen molar-refractivity contribution in [2.75, 3.05) is 0 Å². The summed E-state index contributed by atoms with van der Waals surface area (Å²) >= 11 is 1.95. The van der Waals surface area contributed by atoms with Gasteiger partial charge >= 0.3 is 7.25 Å². The summed E-state index contributed by atoms with van der Waals surface area (Å²) < 4.78 is 41.5. The summed E-state index contributed by atoms with van der Waals surface area (Å²) in [5.41, 5.74) is 5.34. The molecule has 1 heterocycles. The Balaban J connectivity index is 0.000000376. The smallest absolute Gasteiger partial charge is 0.418 e. The molecule has 0 saturated heterocycles. The van der Waals surface area contributed by atoms with E-state index in [9.17, 15) is 17.3 Å². The van der Waals surface area contributed by atoms with Crippen molar-refractivity contribution in [1.82, 2.24) is 0 Å². The molecule has 1 atom stereocenters. The van der Waals surface area contributed by atoms with Gasteiger partial charge in [-0.05, 0) is 36.1 Å². The van der Waals surface area contributed by atoms with Gasteiger partial charge in [-0.2, -0.15) is 4.57 Å². The van der Waals surface area contributed by atoms with Gasteiger partial charge in [0, 0.05) is 18.9 Å². The van der Waals surface area contributed by atoms with Gasteiger partial charge in [-0.15, -0.1) is 0 Å². The third kappa shape index (κ3) is 5.31. The van der Waals surface area contributed by atoms with Crippen molar-refractivity contribution in [2.45, 2.75) is 45.1 Å². The van der Waals surface area contributed by atoms with Gasteiger partial charge in [0.15, 0.2) is 11.7 Å². The standard InChI is InChI=1S/C20H22NS.BF4/c1-15(17-12-11-16-7-5-6-8-18(16)13-17)21-14-22-20-10-4-2-3-9-19(20)21;2-1(3,4)5/h5-8,11-15H,2-4,9-10H2,1H3;/q+1;-1/t15-;/m0./s1. The fraction of sp³-hybridized carbons (Fsp3) is 0.350. The second-order valence-corrected chi connectivity index (χ2v) is 7.78. The molecule has 3 aromatic rings. The highest BCUT2D eigenvalue weighted by atomic mass is 32.1. The Kier molecular flexibility index (Phi) is 6.20. The van der Waals surface area contributed by atoms with Crippen LogP contribution in [-0.2, 0) is 12.8 Å². The van der Waals surface area contributed by atoms with Crippen LogP contribution in [0.1, 0.15) is 48.4 Å². The minimum Gasteiger partial charge on any atom is -0.418 e. The van der Waals surface area contributed by atoms with Crippen LogP contribution in [0, 0.1) is 0 Å². The van der Waals surface area contributed by atoms with Gasteiger partial charge in [-0.1, -0.05) is 54.2 Å². The van der Waals surface area contributed by atoms with Gasteiger partial charge < -0.3 is 17.3 Å². The van der Waals surface area contributed by atoms with Crippen molar-refractivity contribution in [3.05, 3.63) is 64.1 Å². The lowest BCUT2D eigenvalue weighted by molar-refractivity contribution is -0.713. The van der Waals surface area contributed by atoms with Crippen LogP contribution in [0.2, 0.25) is 0 Å². The summed E-state index contributed by atoms with van der Waals surface area (Å²) in [7, 11) is -6.00. The molecule has 1 aliphatic rings. The molecule has 0 saturated carbocycles. The largest absolute Gasteiger partial charge is 0.673 e. The quantitative estimate of drug-likeness (QED) is 0.206. The van der Waals surface area contributed by atoms with E-state index in [1.54, 1.807) is 10.6 Å². The van der Waals surface area contributed by atoms with Crippen LogP contribution in [-0.4, -0.2) is 7.25 Å². The van der Waals surface area contributed by atoms with Gasteiger partial charge in [-0.25, -0.2) is 0 Å². The average Bonchev–Trinajstić information content (AvgIpc) is 2.87. The minimum atomic E-state index is -6.00. The van der Waals surface area contributed by atoms with Crippen molar-refractivity contribution in [1.29, 1.82) is 0 Å². The lowest BCUT2D eigenvalue weighted by Gasteiger charge is -2.09. The Bertz CT molecular complexity index is 900. The van der Waals surface area contributed by atoms with Crippen molar-refractivity contribution in [3.8, 4) is 0 Å². The second-order valence-electron chi connectivity index (χ2n) is 6.84. The zero-order valence-corrected chi connectivity index (χ0v) is 16.0. The first kappa shape index (κ1) is 19.9. The molecular weight excluding hydrogens is 373 g/mol. The summed E-state index contributed by atoms with van der Waals surface area (Å²) in [4.78, 5) is 1.62. The Morgan fingerprint density at radius 3 is 2.33 bits per heavy atom. The number of thiazole rings is 1. The van der Waals surface area contributed by atoms with E-state index in [-0.39, 0.29) is 0 Å². The predicted molar refractivity (Wildman–Crippen MR) is 104 cm³/mol. The Morgan fingerprint density at radius 1 is 0.926 bits per heavy atom. The number of hydrogen-bond acceptors (Lipinski definition) is 1. The van der Waals surface area contributed by atoms with E-state index in [0.29, 0.717) is 6.04 Å². The molecule has 4 rings (SSSR count). The summed E-state index contributed by atoms with van der Waals surface area (Å²) in [6.45, 7) is 2.34. The van der Waals surface area contributed by atoms with Gasteiger partial charge in [0.25, 0.3) is 0 Å². The highest BCUT2D eigenvalue weighted by Crippen LogP contribution is 2.26. The summed E-state index contributed by atoms with van der Waals surface area (Å²) in [6, 6.07) is 16.0.